The molecule has 0 aliphatic heterocycles. The Morgan fingerprint density at radius 2 is 1.56 bits per heavy atom. The van der Waals surface area contributed by atoms with E-state index in [0.717, 1.165) is 22.3 Å². The average Bonchev–Trinajstić information content (AvgIpc) is 2.63. The second-order valence-corrected chi connectivity index (χ2v) is 6.32. The first-order valence-corrected chi connectivity index (χ1v) is 8.58. The number of carbonyl (C=O) groups excluding carboxylic acids is 2. The Bertz CT molecular complexity index is 821. The van der Waals surface area contributed by atoms with E-state index >= 15 is 0 Å². The van der Waals surface area contributed by atoms with Gasteiger partial charge in [-0.3, -0.25) is 4.79 Å². The smallest absolute Gasteiger partial charge is 0.339 e. The number of esters is 1. The minimum absolute atomic E-state index is 0.291. The molecule has 1 N–H and O–H groups in total. The SMILES string of the molecule is COc1ccc(CNC(=O)COC(=O)c2c(C)cc(C)cc2C)cc1OC. The van der Waals surface area contributed by atoms with Crippen molar-refractivity contribution in [1.29, 1.82) is 0 Å². The molecule has 0 saturated carbocycles. The quantitative estimate of drug-likeness (QED) is 0.757. The van der Waals surface area contributed by atoms with E-state index in [4.69, 9.17) is 14.2 Å². The summed E-state index contributed by atoms with van der Waals surface area (Å²) in [7, 11) is 3.11. The van der Waals surface area contributed by atoms with Crippen LogP contribution in [-0.2, 0) is 16.1 Å². The number of benzene rings is 2. The summed E-state index contributed by atoms with van der Waals surface area (Å²) in [6, 6.07) is 9.21. The van der Waals surface area contributed by atoms with Gasteiger partial charge in [-0.25, -0.2) is 4.79 Å². The maximum absolute atomic E-state index is 12.3. The summed E-state index contributed by atoms with van der Waals surface area (Å²) < 4.78 is 15.6. The fraction of sp³-hybridized carbons (Fsp3) is 0.333. The van der Waals surface area contributed by atoms with E-state index in [9.17, 15) is 9.59 Å². The van der Waals surface area contributed by atoms with E-state index in [1.54, 1.807) is 26.4 Å². The van der Waals surface area contributed by atoms with Gasteiger partial charge in [-0.2, -0.15) is 0 Å². The van der Waals surface area contributed by atoms with Crippen molar-refractivity contribution in [3.05, 3.63) is 58.1 Å². The molecule has 2 rings (SSSR count). The normalized spacial score (nSPS) is 10.3. The van der Waals surface area contributed by atoms with Gasteiger partial charge < -0.3 is 19.5 Å². The van der Waals surface area contributed by atoms with Crippen LogP contribution in [0.25, 0.3) is 0 Å². The van der Waals surface area contributed by atoms with E-state index in [2.05, 4.69) is 5.32 Å². The highest BCUT2D eigenvalue weighted by molar-refractivity contribution is 5.94. The van der Waals surface area contributed by atoms with Crippen molar-refractivity contribution in [2.24, 2.45) is 0 Å². The van der Waals surface area contributed by atoms with E-state index < -0.39 is 5.97 Å². The van der Waals surface area contributed by atoms with Crippen LogP contribution in [0.3, 0.4) is 0 Å². The number of hydrogen-bond donors (Lipinski definition) is 1. The Kier molecular flexibility index (Phi) is 6.82. The number of carbonyl (C=O) groups is 2. The van der Waals surface area contributed by atoms with Crippen LogP contribution in [0.4, 0.5) is 0 Å². The molecule has 6 nitrogen and oxygen atoms in total. The Balaban J connectivity index is 1.91. The molecule has 0 bridgehead atoms. The molecule has 2 aromatic carbocycles. The molecule has 0 radical (unpaired) electrons. The second kappa shape index (κ2) is 9.07. The summed E-state index contributed by atoms with van der Waals surface area (Å²) >= 11 is 0. The van der Waals surface area contributed by atoms with Crippen molar-refractivity contribution in [3.63, 3.8) is 0 Å². The summed E-state index contributed by atoms with van der Waals surface area (Å²) in [4.78, 5) is 24.3. The predicted octanol–water partition coefficient (Wildman–Crippen LogP) is 3.10. The minimum Gasteiger partial charge on any atom is -0.493 e. The zero-order valence-electron chi connectivity index (χ0n) is 16.3. The lowest BCUT2D eigenvalue weighted by molar-refractivity contribution is -0.124. The number of rotatable bonds is 7. The Morgan fingerprint density at radius 1 is 0.926 bits per heavy atom. The van der Waals surface area contributed by atoms with Gasteiger partial charge in [-0.05, 0) is 49.6 Å². The Hall–Kier alpha value is -3.02. The predicted molar refractivity (Wildman–Crippen MR) is 102 cm³/mol. The lowest BCUT2D eigenvalue weighted by Crippen LogP contribution is -2.28. The van der Waals surface area contributed by atoms with Crippen LogP contribution >= 0.6 is 0 Å². The lowest BCUT2D eigenvalue weighted by Gasteiger charge is -2.12. The van der Waals surface area contributed by atoms with Gasteiger partial charge in [-0.15, -0.1) is 0 Å². The van der Waals surface area contributed by atoms with Crippen LogP contribution in [-0.4, -0.2) is 32.7 Å². The lowest BCUT2D eigenvalue weighted by atomic mass is 10.00. The number of ether oxygens (including phenoxy) is 3. The molecule has 0 heterocycles. The first kappa shape index (κ1) is 20.3. The zero-order valence-corrected chi connectivity index (χ0v) is 16.3. The monoisotopic (exact) mass is 371 g/mol. The third-order valence-corrected chi connectivity index (χ3v) is 4.15. The molecule has 0 unspecified atom stereocenters. The van der Waals surface area contributed by atoms with Gasteiger partial charge in [0.2, 0.25) is 0 Å². The zero-order chi connectivity index (χ0) is 20.0. The molecule has 0 aliphatic rings. The number of nitrogens with one attached hydrogen (secondary N) is 1. The second-order valence-electron chi connectivity index (χ2n) is 6.32. The molecule has 0 atom stereocenters. The summed E-state index contributed by atoms with van der Waals surface area (Å²) in [5, 5.41) is 2.72. The first-order valence-electron chi connectivity index (χ1n) is 8.58. The number of hydrogen-bond acceptors (Lipinski definition) is 5. The third-order valence-electron chi connectivity index (χ3n) is 4.15. The molecule has 27 heavy (non-hydrogen) atoms. The third kappa shape index (κ3) is 5.23. The highest BCUT2D eigenvalue weighted by atomic mass is 16.5. The number of amides is 1. The molecule has 0 saturated heterocycles. The van der Waals surface area contributed by atoms with Crippen molar-refractivity contribution in [2.45, 2.75) is 27.3 Å². The van der Waals surface area contributed by atoms with Gasteiger partial charge in [0.25, 0.3) is 5.91 Å². The van der Waals surface area contributed by atoms with Crippen molar-refractivity contribution in [2.75, 3.05) is 20.8 Å². The summed E-state index contributed by atoms with van der Waals surface area (Å²) in [5.74, 6) is 0.332. The van der Waals surface area contributed by atoms with Crippen LogP contribution in [0.15, 0.2) is 30.3 Å². The van der Waals surface area contributed by atoms with Crippen LogP contribution in [0.5, 0.6) is 11.5 Å². The van der Waals surface area contributed by atoms with Crippen LogP contribution in [0.1, 0.15) is 32.6 Å². The summed E-state index contributed by atoms with van der Waals surface area (Å²) in [6.45, 7) is 5.64. The van der Waals surface area contributed by atoms with Crippen LogP contribution < -0.4 is 14.8 Å². The fourth-order valence-corrected chi connectivity index (χ4v) is 2.95. The number of aryl methyl sites for hydroxylation is 3. The van der Waals surface area contributed by atoms with Crippen molar-refractivity contribution in [1.82, 2.24) is 5.32 Å². The Morgan fingerprint density at radius 3 is 2.15 bits per heavy atom. The maximum atomic E-state index is 12.3. The first-order chi connectivity index (χ1) is 12.8. The molecular formula is C21H25NO5. The summed E-state index contributed by atoms with van der Waals surface area (Å²) in [5.41, 5.74) is 4.10. The number of methoxy groups -OCH3 is 2. The fourth-order valence-electron chi connectivity index (χ4n) is 2.95. The van der Waals surface area contributed by atoms with Crippen LogP contribution in [0, 0.1) is 20.8 Å². The van der Waals surface area contributed by atoms with E-state index in [-0.39, 0.29) is 12.5 Å². The van der Waals surface area contributed by atoms with Gasteiger partial charge >= 0.3 is 5.97 Å². The van der Waals surface area contributed by atoms with E-state index in [1.807, 2.05) is 39.0 Å². The summed E-state index contributed by atoms with van der Waals surface area (Å²) in [6.07, 6.45) is 0. The topological polar surface area (TPSA) is 73.9 Å². The standard InChI is InChI=1S/C21H25NO5/c1-13-8-14(2)20(15(3)9-13)21(24)27-12-19(23)22-11-16-6-7-17(25-4)18(10-16)26-5/h6-10H,11-12H2,1-5H3,(H,22,23). The molecule has 0 aliphatic carbocycles. The van der Waals surface area contributed by atoms with Gasteiger partial charge in [0.15, 0.2) is 18.1 Å². The molecule has 2 aromatic rings. The van der Waals surface area contributed by atoms with E-state index in [1.165, 1.54) is 0 Å². The molecule has 0 aromatic heterocycles. The molecule has 1 amide bonds. The largest absolute Gasteiger partial charge is 0.493 e. The molecule has 6 heteroatoms. The van der Waals surface area contributed by atoms with Crippen molar-refractivity contribution in [3.8, 4) is 11.5 Å². The van der Waals surface area contributed by atoms with Crippen molar-refractivity contribution >= 4 is 11.9 Å². The van der Waals surface area contributed by atoms with Gasteiger partial charge in [-0.1, -0.05) is 23.8 Å². The Labute approximate surface area is 159 Å². The van der Waals surface area contributed by atoms with Crippen molar-refractivity contribution < 1.29 is 23.8 Å². The van der Waals surface area contributed by atoms with Gasteiger partial charge in [0.1, 0.15) is 0 Å². The molecule has 0 fully saturated rings. The van der Waals surface area contributed by atoms with Gasteiger partial charge in [0, 0.05) is 6.54 Å². The molecule has 0 spiro atoms. The maximum Gasteiger partial charge on any atom is 0.339 e. The minimum atomic E-state index is -0.494. The molecule has 144 valence electrons. The average molecular weight is 371 g/mol. The highest BCUT2D eigenvalue weighted by Gasteiger charge is 2.16. The molecular weight excluding hydrogens is 346 g/mol. The van der Waals surface area contributed by atoms with Crippen LogP contribution in [0.2, 0.25) is 0 Å². The van der Waals surface area contributed by atoms with E-state index in [0.29, 0.717) is 23.6 Å². The van der Waals surface area contributed by atoms with Gasteiger partial charge in [0.05, 0.1) is 19.8 Å². The highest BCUT2D eigenvalue weighted by Crippen LogP contribution is 2.27.